The van der Waals surface area contributed by atoms with E-state index in [0.29, 0.717) is 0 Å². The fourth-order valence-electron chi connectivity index (χ4n) is 3.38. The minimum Gasteiger partial charge on any atom is -0.356 e. The van der Waals surface area contributed by atoms with Crippen LogP contribution in [0.2, 0.25) is 0 Å². The molecular formula is C21H19N5S. The highest BCUT2D eigenvalue weighted by Gasteiger charge is 2.12. The topological polar surface area (TPSA) is 54.2 Å². The van der Waals surface area contributed by atoms with Crippen LogP contribution in [0.3, 0.4) is 0 Å². The number of nitrogens with zero attached hydrogens (tertiary/aromatic N) is 3. The fourth-order valence-corrected chi connectivity index (χ4v) is 4.09. The molecule has 6 heteroatoms. The molecule has 4 aromatic rings. The summed E-state index contributed by atoms with van der Waals surface area (Å²) in [5.41, 5.74) is 4.46. The first-order valence-corrected chi connectivity index (χ1v) is 9.93. The van der Waals surface area contributed by atoms with Crippen LogP contribution in [0.25, 0.3) is 27.8 Å². The minimum atomic E-state index is 0.815. The Balaban J connectivity index is 1.51. The maximum atomic E-state index is 4.78. The number of nitrogens with one attached hydrogen (secondary N) is 2. The maximum absolute atomic E-state index is 4.78. The molecule has 5 rings (SSSR count). The van der Waals surface area contributed by atoms with E-state index in [-0.39, 0.29) is 0 Å². The van der Waals surface area contributed by atoms with Crippen molar-refractivity contribution in [2.45, 2.75) is 6.42 Å². The van der Waals surface area contributed by atoms with E-state index < -0.39 is 0 Å². The van der Waals surface area contributed by atoms with Crippen LogP contribution in [-0.4, -0.2) is 28.6 Å². The average molecular weight is 373 g/mol. The first kappa shape index (κ1) is 16.1. The summed E-state index contributed by atoms with van der Waals surface area (Å²) in [4.78, 5) is 9.24. The molecule has 0 saturated carbocycles. The molecule has 0 fully saturated rings. The zero-order chi connectivity index (χ0) is 18.1. The molecule has 3 heterocycles. The number of para-hydroxylation sites is 1. The number of rotatable bonds is 3. The normalized spacial score (nSPS) is 14.0. The van der Waals surface area contributed by atoms with Crippen LogP contribution in [0.5, 0.6) is 0 Å². The van der Waals surface area contributed by atoms with Crippen molar-refractivity contribution in [1.29, 1.82) is 0 Å². The summed E-state index contributed by atoms with van der Waals surface area (Å²) in [5, 5.41) is 10.7. The molecule has 1 aliphatic heterocycles. The van der Waals surface area contributed by atoms with E-state index in [4.69, 9.17) is 4.98 Å². The molecule has 0 unspecified atom stereocenters. The molecule has 2 aromatic heterocycles. The molecule has 27 heavy (non-hydrogen) atoms. The third kappa shape index (κ3) is 3.08. The lowest BCUT2D eigenvalue weighted by Gasteiger charge is -2.14. The third-order valence-electron chi connectivity index (χ3n) is 4.67. The van der Waals surface area contributed by atoms with E-state index >= 15 is 0 Å². The molecule has 0 spiro atoms. The predicted octanol–water partition coefficient (Wildman–Crippen LogP) is 4.52. The summed E-state index contributed by atoms with van der Waals surface area (Å²) in [7, 11) is 0. The largest absolute Gasteiger partial charge is 0.356 e. The lowest BCUT2D eigenvalue weighted by molar-refractivity contribution is 0.740. The zero-order valence-corrected chi connectivity index (χ0v) is 15.5. The summed E-state index contributed by atoms with van der Waals surface area (Å²) in [6.45, 7) is 1.82. The van der Waals surface area contributed by atoms with Gasteiger partial charge in [-0.05, 0) is 30.7 Å². The van der Waals surface area contributed by atoms with Gasteiger partial charge < -0.3 is 15.2 Å². The minimum absolute atomic E-state index is 0.815. The molecule has 0 aliphatic carbocycles. The van der Waals surface area contributed by atoms with Gasteiger partial charge in [0.15, 0.2) is 11.1 Å². The first-order valence-electron chi connectivity index (χ1n) is 9.05. The number of guanidine groups is 1. The number of fused-ring (bicyclic) bond motifs is 1. The van der Waals surface area contributed by atoms with Gasteiger partial charge in [-0.25, -0.2) is 4.98 Å². The van der Waals surface area contributed by atoms with Crippen LogP contribution >= 0.6 is 11.3 Å². The Bertz CT molecular complexity index is 1110. The summed E-state index contributed by atoms with van der Waals surface area (Å²) in [6.07, 6.45) is 3.20. The van der Waals surface area contributed by atoms with Gasteiger partial charge in [-0.2, -0.15) is 0 Å². The SMILES string of the molecule is c1ccc(-n2ccc3c(-c4csc(NC5=NCCCN5)n4)cccc32)cc1. The highest BCUT2D eigenvalue weighted by Crippen LogP contribution is 2.32. The molecule has 0 bridgehead atoms. The zero-order valence-electron chi connectivity index (χ0n) is 14.7. The Kier molecular flexibility index (Phi) is 4.10. The Morgan fingerprint density at radius 1 is 1.04 bits per heavy atom. The average Bonchev–Trinajstić information content (AvgIpc) is 3.36. The van der Waals surface area contributed by atoms with Gasteiger partial charge in [-0.15, -0.1) is 11.3 Å². The van der Waals surface area contributed by atoms with Gasteiger partial charge in [0, 0.05) is 41.3 Å². The Morgan fingerprint density at radius 2 is 1.96 bits per heavy atom. The van der Waals surface area contributed by atoms with Crippen molar-refractivity contribution in [2.75, 3.05) is 18.4 Å². The van der Waals surface area contributed by atoms with E-state index in [1.165, 1.54) is 10.9 Å². The van der Waals surface area contributed by atoms with Gasteiger partial charge in [0.05, 0.1) is 11.2 Å². The predicted molar refractivity (Wildman–Crippen MR) is 113 cm³/mol. The van der Waals surface area contributed by atoms with Crippen molar-refractivity contribution >= 4 is 33.3 Å². The lowest BCUT2D eigenvalue weighted by atomic mass is 10.1. The van der Waals surface area contributed by atoms with Crippen LogP contribution in [0.1, 0.15) is 6.42 Å². The van der Waals surface area contributed by atoms with Crippen LogP contribution in [-0.2, 0) is 0 Å². The van der Waals surface area contributed by atoms with Gasteiger partial charge in [0.1, 0.15) is 0 Å². The van der Waals surface area contributed by atoms with E-state index in [2.05, 4.69) is 80.3 Å². The molecule has 0 radical (unpaired) electrons. The second-order valence-electron chi connectivity index (χ2n) is 6.43. The third-order valence-corrected chi connectivity index (χ3v) is 5.43. The molecule has 0 amide bonds. The van der Waals surface area contributed by atoms with Crippen LogP contribution in [0.4, 0.5) is 5.13 Å². The quantitative estimate of drug-likeness (QED) is 0.555. The van der Waals surface area contributed by atoms with Gasteiger partial charge in [-0.1, -0.05) is 30.3 Å². The van der Waals surface area contributed by atoms with E-state index in [1.807, 2.05) is 6.07 Å². The van der Waals surface area contributed by atoms with Crippen molar-refractivity contribution in [1.82, 2.24) is 14.9 Å². The molecule has 2 N–H and O–H groups in total. The van der Waals surface area contributed by atoms with Crippen LogP contribution < -0.4 is 10.6 Å². The van der Waals surface area contributed by atoms with E-state index in [9.17, 15) is 0 Å². The second-order valence-corrected chi connectivity index (χ2v) is 7.29. The molecule has 5 nitrogen and oxygen atoms in total. The van der Waals surface area contributed by atoms with Gasteiger partial charge in [0.2, 0.25) is 0 Å². The number of anilines is 1. The monoisotopic (exact) mass is 373 g/mol. The van der Waals surface area contributed by atoms with Gasteiger partial charge >= 0.3 is 0 Å². The number of hydrogen-bond acceptors (Lipinski definition) is 5. The highest BCUT2D eigenvalue weighted by atomic mass is 32.1. The second kappa shape index (κ2) is 6.89. The molecule has 2 aromatic carbocycles. The van der Waals surface area contributed by atoms with Crippen molar-refractivity contribution in [3.63, 3.8) is 0 Å². The summed E-state index contributed by atoms with van der Waals surface area (Å²) < 4.78 is 2.21. The van der Waals surface area contributed by atoms with Gasteiger partial charge in [-0.3, -0.25) is 4.99 Å². The highest BCUT2D eigenvalue weighted by molar-refractivity contribution is 7.14. The van der Waals surface area contributed by atoms with Crippen molar-refractivity contribution in [2.24, 2.45) is 4.99 Å². The number of aromatic nitrogens is 2. The molecule has 134 valence electrons. The molecule has 1 aliphatic rings. The Morgan fingerprint density at radius 3 is 2.81 bits per heavy atom. The van der Waals surface area contributed by atoms with Crippen molar-refractivity contribution in [3.05, 3.63) is 66.2 Å². The lowest BCUT2D eigenvalue weighted by Crippen LogP contribution is -2.35. The number of thiazole rings is 1. The number of hydrogen-bond donors (Lipinski definition) is 2. The van der Waals surface area contributed by atoms with Crippen molar-refractivity contribution in [3.8, 4) is 16.9 Å². The fraction of sp³-hybridized carbons (Fsp3) is 0.143. The smallest absolute Gasteiger partial charge is 0.197 e. The molecule has 0 atom stereocenters. The Labute approximate surface area is 161 Å². The summed E-state index contributed by atoms with van der Waals surface area (Å²) in [6, 6.07) is 18.9. The summed E-state index contributed by atoms with van der Waals surface area (Å²) in [5.74, 6) is 0.815. The van der Waals surface area contributed by atoms with E-state index in [0.717, 1.165) is 47.5 Å². The Hall–Kier alpha value is -3.12. The number of benzene rings is 2. The first-order chi connectivity index (χ1) is 13.4. The van der Waals surface area contributed by atoms with E-state index in [1.54, 1.807) is 11.3 Å². The standard InChI is InChI=1S/C21H19N5S/c1-2-6-15(7-3-1)26-13-10-17-16(8-4-9-19(17)26)18-14-27-21(24-18)25-20-22-11-5-12-23-20/h1-4,6-10,13-14H,5,11-12H2,(H2,22,23,24,25). The number of aliphatic imine (C=N–C) groups is 1. The van der Waals surface area contributed by atoms with Crippen LogP contribution in [0.15, 0.2) is 71.2 Å². The van der Waals surface area contributed by atoms with Crippen LogP contribution in [0, 0.1) is 0 Å². The molecule has 0 saturated heterocycles. The summed E-state index contributed by atoms with van der Waals surface area (Å²) >= 11 is 1.60. The van der Waals surface area contributed by atoms with Crippen molar-refractivity contribution < 1.29 is 0 Å². The molecular weight excluding hydrogens is 354 g/mol. The maximum Gasteiger partial charge on any atom is 0.197 e. The van der Waals surface area contributed by atoms with Gasteiger partial charge in [0.25, 0.3) is 0 Å².